The maximum absolute atomic E-state index is 6.08. The molecule has 0 aliphatic carbocycles. The minimum Gasteiger partial charge on any atom is -0.497 e. The van der Waals surface area contributed by atoms with Crippen LogP contribution in [0.3, 0.4) is 0 Å². The summed E-state index contributed by atoms with van der Waals surface area (Å²) in [6.45, 7) is 4.34. The second-order valence-corrected chi connectivity index (χ2v) is 5.73. The zero-order valence-corrected chi connectivity index (χ0v) is 13.2. The molecule has 22 heavy (non-hydrogen) atoms. The van der Waals surface area contributed by atoms with E-state index in [-0.39, 0.29) is 0 Å². The molecule has 1 heterocycles. The number of hydrogen-bond acceptors (Lipinski definition) is 3. The van der Waals surface area contributed by atoms with Gasteiger partial charge in [0.25, 0.3) is 0 Å². The standard InChI is InChI=1S/C18H21N3O/c1-12(2)21-16-6-4-5-15(19)18(16)20-17(21)11-13-7-9-14(22-3)10-8-13/h4-10,12H,11,19H2,1-3H3. The van der Waals surface area contributed by atoms with Crippen molar-refractivity contribution >= 4 is 16.7 Å². The first-order chi connectivity index (χ1) is 10.6. The number of fused-ring (bicyclic) bond motifs is 1. The largest absolute Gasteiger partial charge is 0.497 e. The second kappa shape index (κ2) is 5.72. The summed E-state index contributed by atoms with van der Waals surface area (Å²) >= 11 is 0. The number of ether oxygens (including phenoxy) is 1. The van der Waals surface area contributed by atoms with Crippen LogP contribution < -0.4 is 10.5 Å². The minimum absolute atomic E-state index is 0.333. The molecule has 0 spiro atoms. The summed E-state index contributed by atoms with van der Waals surface area (Å²) in [5.74, 6) is 1.90. The third-order valence-electron chi connectivity index (χ3n) is 3.86. The number of nitrogens with two attached hydrogens (primary N) is 1. The fourth-order valence-corrected chi connectivity index (χ4v) is 2.81. The molecule has 4 heteroatoms. The van der Waals surface area contributed by atoms with Crippen molar-refractivity contribution in [1.82, 2.24) is 9.55 Å². The predicted molar refractivity (Wildman–Crippen MR) is 90.3 cm³/mol. The number of rotatable bonds is 4. The lowest BCUT2D eigenvalue weighted by molar-refractivity contribution is 0.414. The molecule has 4 nitrogen and oxygen atoms in total. The lowest BCUT2D eigenvalue weighted by Crippen LogP contribution is -2.07. The Kier molecular flexibility index (Phi) is 3.75. The van der Waals surface area contributed by atoms with Crippen molar-refractivity contribution < 1.29 is 4.74 Å². The maximum Gasteiger partial charge on any atom is 0.118 e. The number of anilines is 1. The smallest absolute Gasteiger partial charge is 0.118 e. The molecule has 0 fully saturated rings. The highest BCUT2D eigenvalue weighted by Crippen LogP contribution is 2.26. The van der Waals surface area contributed by atoms with Gasteiger partial charge in [-0.25, -0.2) is 4.98 Å². The van der Waals surface area contributed by atoms with Gasteiger partial charge >= 0.3 is 0 Å². The van der Waals surface area contributed by atoms with E-state index < -0.39 is 0 Å². The molecule has 0 bridgehead atoms. The Morgan fingerprint density at radius 3 is 2.50 bits per heavy atom. The van der Waals surface area contributed by atoms with Gasteiger partial charge in [0.1, 0.15) is 17.1 Å². The van der Waals surface area contributed by atoms with Crippen LogP contribution in [0.4, 0.5) is 5.69 Å². The van der Waals surface area contributed by atoms with E-state index in [0.29, 0.717) is 6.04 Å². The number of nitrogen functional groups attached to an aromatic ring is 1. The Hall–Kier alpha value is -2.49. The first kappa shape index (κ1) is 14.4. The van der Waals surface area contributed by atoms with Crippen molar-refractivity contribution in [3.63, 3.8) is 0 Å². The van der Waals surface area contributed by atoms with Crippen molar-refractivity contribution in [2.45, 2.75) is 26.3 Å². The van der Waals surface area contributed by atoms with Crippen molar-refractivity contribution in [3.8, 4) is 5.75 Å². The van der Waals surface area contributed by atoms with E-state index >= 15 is 0 Å². The van der Waals surface area contributed by atoms with E-state index in [9.17, 15) is 0 Å². The lowest BCUT2D eigenvalue weighted by Gasteiger charge is -2.13. The van der Waals surface area contributed by atoms with Gasteiger partial charge < -0.3 is 15.0 Å². The first-order valence-electron chi connectivity index (χ1n) is 7.48. The number of para-hydroxylation sites is 1. The Labute approximate surface area is 130 Å². The summed E-state index contributed by atoms with van der Waals surface area (Å²) in [6, 6.07) is 14.4. The minimum atomic E-state index is 0.333. The second-order valence-electron chi connectivity index (χ2n) is 5.73. The fraction of sp³-hybridized carbons (Fsp3) is 0.278. The molecule has 0 atom stereocenters. The SMILES string of the molecule is COc1ccc(Cc2nc3c(N)cccc3n2C(C)C)cc1. The van der Waals surface area contributed by atoms with Crippen molar-refractivity contribution in [1.29, 1.82) is 0 Å². The molecule has 2 aromatic carbocycles. The van der Waals surface area contributed by atoms with Gasteiger partial charge in [0, 0.05) is 12.5 Å². The summed E-state index contributed by atoms with van der Waals surface area (Å²) in [7, 11) is 1.68. The van der Waals surface area contributed by atoms with Gasteiger partial charge in [-0.1, -0.05) is 18.2 Å². The van der Waals surface area contributed by atoms with Crippen LogP contribution in [0.2, 0.25) is 0 Å². The van der Waals surface area contributed by atoms with Crippen LogP contribution in [0.15, 0.2) is 42.5 Å². The van der Waals surface area contributed by atoms with E-state index in [4.69, 9.17) is 15.5 Å². The quantitative estimate of drug-likeness (QED) is 0.745. The number of benzene rings is 2. The van der Waals surface area contributed by atoms with E-state index in [2.05, 4.69) is 36.6 Å². The molecule has 2 N–H and O–H groups in total. The zero-order valence-electron chi connectivity index (χ0n) is 13.2. The molecule has 3 rings (SSSR count). The highest BCUT2D eigenvalue weighted by molar-refractivity contribution is 5.87. The number of methoxy groups -OCH3 is 1. The van der Waals surface area contributed by atoms with Crippen molar-refractivity contribution in [3.05, 3.63) is 53.9 Å². The van der Waals surface area contributed by atoms with Crippen LogP contribution >= 0.6 is 0 Å². The third-order valence-corrected chi connectivity index (χ3v) is 3.86. The Bertz CT molecular complexity index is 788. The molecular weight excluding hydrogens is 274 g/mol. The molecule has 0 amide bonds. The van der Waals surface area contributed by atoms with Crippen molar-refractivity contribution in [2.24, 2.45) is 0 Å². The number of aromatic nitrogens is 2. The molecule has 0 aliphatic rings. The van der Waals surface area contributed by atoms with Gasteiger partial charge in [0.15, 0.2) is 0 Å². The first-order valence-corrected chi connectivity index (χ1v) is 7.48. The predicted octanol–water partition coefficient (Wildman–Crippen LogP) is 3.80. The summed E-state index contributed by atoms with van der Waals surface area (Å²) in [5.41, 5.74) is 10.00. The van der Waals surface area contributed by atoms with Gasteiger partial charge in [0.2, 0.25) is 0 Å². The Morgan fingerprint density at radius 1 is 1.14 bits per heavy atom. The van der Waals surface area contributed by atoms with Crippen LogP contribution in [0.1, 0.15) is 31.3 Å². The molecule has 0 radical (unpaired) electrons. The summed E-state index contributed by atoms with van der Waals surface area (Å²) in [5, 5.41) is 0. The van der Waals surface area contributed by atoms with Gasteiger partial charge in [-0.3, -0.25) is 0 Å². The molecular formula is C18H21N3O. The Morgan fingerprint density at radius 2 is 1.86 bits per heavy atom. The van der Waals surface area contributed by atoms with Crippen molar-refractivity contribution in [2.75, 3.05) is 12.8 Å². The van der Waals surface area contributed by atoms with Gasteiger partial charge in [-0.2, -0.15) is 0 Å². The van der Waals surface area contributed by atoms with Crippen LogP contribution in [0.25, 0.3) is 11.0 Å². The fourth-order valence-electron chi connectivity index (χ4n) is 2.81. The van der Waals surface area contributed by atoms with Crippen LogP contribution in [0.5, 0.6) is 5.75 Å². The average Bonchev–Trinajstić information content (AvgIpc) is 2.87. The van der Waals surface area contributed by atoms with Gasteiger partial charge in [-0.05, 0) is 43.7 Å². The summed E-state index contributed by atoms with van der Waals surface area (Å²) in [6.07, 6.45) is 0.774. The van der Waals surface area contributed by atoms with Crippen LogP contribution in [-0.2, 0) is 6.42 Å². The number of hydrogen-bond donors (Lipinski definition) is 1. The summed E-state index contributed by atoms with van der Waals surface area (Å²) < 4.78 is 7.47. The van der Waals surface area contributed by atoms with Gasteiger partial charge in [-0.15, -0.1) is 0 Å². The normalized spacial score (nSPS) is 11.3. The molecule has 0 unspecified atom stereocenters. The molecule has 1 aromatic heterocycles. The zero-order chi connectivity index (χ0) is 15.7. The highest BCUT2D eigenvalue weighted by Gasteiger charge is 2.15. The maximum atomic E-state index is 6.08. The van der Waals surface area contributed by atoms with E-state index in [1.165, 1.54) is 5.56 Å². The monoisotopic (exact) mass is 295 g/mol. The molecule has 0 saturated heterocycles. The van der Waals surface area contributed by atoms with Crippen LogP contribution in [0, 0.1) is 0 Å². The molecule has 114 valence electrons. The number of imidazole rings is 1. The third kappa shape index (κ3) is 2.52. The summed E-state index contributed by atoms with van der Waals surface area (Å²) in [4.78, 5) is 4.78. The van der Waals surface area contributed by atoms with E-state index in [0.717, 1.165) is 34.7 Å². The van der Waals surface area contributed by atoms with Crippen LogP contribution in [-0.4, -0.2) is 16.7 Å². The molecule has 0 aliphatic heterocycles. The topological polar surface area (TPSA) is 53.1 Å². The van der Waals surface area contributed by atoms with E-state index in [1.54, 1.807) is 7.11 Å². The van der Waals surface area contributed by atoms with Gasteiger partial charge in [0.05, 0.1) is 18.3 Å². The number of nitrogens with zero attached hydrogens (tertiary/aromatic N) is 2. The Balaban J connectivity index is 2.05. The highest BCUT2D eigenvalue weighted by atomic mass is 16.5. The van der Waals surface area contributed by atoms with E-state index in [1.807, 2.05) is 24.3 Å². The average molecular weight is 295 g/mol. The lowest BCUT2D eigenvalue weighted by atomic mass is 10.1. The molecule has 3 aromatic rings. The molecule has 0 saturated carbocycles.